The van der Waals surface area contributed by atoms with Gasteiger partial charge in [0.05, 0.1) is 5.56 Å². The van der Waals surface area contributed by atoms with Gasteiger partial charge in [0, 0.05) is 18.2 Å². The lowest BCUT2D eigenvalue weighted by molar-refractivity contribution is -0.136. The van der Waals surface area contributed by atoms with Crippen molar-refractivity contribution in [2.45, 2.75) is 18.5 Å². The molecule has 1 heterocycles. The van der Waals surface area contributed by atoms with Gasteiger partial charge in [-0.2, -0.15) is 13.2 Å². The quantitative estimate of drug-likeness (QED) is 0.819. The highest BCUT2D eigenvalue weighted by Crippen LogP contribution is 2.42. The molecule has 1 aliphatic rings. The van der Waals surface area contributed by atoms with Gasteiger partial charge in [-0.05, 0) is 24.6 Å². The monoisotopic (exact) mass is 230 g/mol. The molecule has 2 nitrogen and oxygen atoms in total. The summed E-state index contributed by atoms with van der Waals surface area (Å²) in [5.41, 5.74) is 5.83. The molecule has 0 radical (unpaired) electrons. The van der Waals surface area contributed by atoms with Crippen molar-refractivity contribution in [2.24, 2.45) is 5.73 Å². The van der Waals surface area contributed by atoms with Gasteiger partial charge < -0.3 is 11.1 Å². The van der Waals surface area contributed by atoms with Crippen LogP contribution in [0.1, 0.15) is 23.5 Å². The van der Waals surface area contributed by atoms with E-state index in [4.69, 9.17) is 5.73 Å². The second-order valence-electron chi connectivity index (χ2n) is 3.92. The minimum Gasteiger partial charge on any atom is -0.384 e. The van der Waals surface area contributed by atoms with Crippen molar-refractivity contribution >= 4 is 5.69 Å². The van der Waals surface area contributed by atoms with Crippen LogP contribution in [0.2, 0.25) is 0 Å². The zero-order valence-electron chi connectivity index (χ0n) is 8.64. The first-order valence-corrected chi connectivity index (χ1v) is 5.18. The maximum Gasteiger partial charge on any atom is 0.418 e. The van der Waals surface area contributed by atoms with Crippen LogP contribution in [-0.4, -0.2) is 13.1 Å². The molecule has 0 amide bonds. The van der Waals surface area contributed by atoms with Crippen LogP contribution >= 0.6 is 0 Å². The van der Waals surface area contributed by atoms with Crippen molar-refractivity contribution in [3.05, 3.63) is 29.3 Å². The lowest BCUT2D eigenvalue weighted by Gasteiger charge is -2.12. The van der Waals surface area contributed by atoms with E-state index in [1.54, 1.807) is 6.07 Å². The fourth-order valence-electron chi connectivity index (χ4n) is 2.14. The Morgan fingerprint density at radius 1 is 1.38 bits per heavy atom. The summed E-state index contributed by atoms with van der Waals surface area (Å²) in [6, 6.07) is 4.31. The average molecular weight is 230 g/mol. The molecule has 0 bridgehead atoms. The number of fused-ring (bicyclic) bond motifs is 1. The third kappa shape index (κ3) is 1.87. The van der Waals surface area contributed by atoms with Crippen LogP contribution in [0.15, 0.2) is 18.2 Å². The molecule has 16 heavy (non-hydrogen) atoms. The number of rotatable bonds is 2. The number of benzene rings is 1. The van der Waals surface area contributed by atoms with E-state index in [2.05, 4.69) is 5.32 Å². The Hall–Kier alpha value is -1.23. The fraction of sp³-hybridized carbons (Fsp3) is 0.455. The molecule has 3 N–H and O–H groups in total. The second kappa shape index (κ2) is 3.97. The summed E-state index contributed by atoms with van der Waals surface area (Å²) in [5.74, 6) is 0.0994. The molecule has 1 aliphatic heterocycles. The van der Waals surface area contributed by atoms with Gasteiger partial charge in [-0.1, -0.05) is 12.1 Å². The number of anilines is 1. The number of alkyl halides is 3. The van der Waals surface area contributed by atoms with Crippen molar-refractivity contribution in [1.29, 1.82) is 0 Å². The van der Waals surface area contributed by atoms with Crippen molar-refractivity contribution in [2.75, 3.05) is 18.4 Å². The molecule has 5 heteroatoms. The predicted octanol–water partition coefficient (Wildman–Crippen LogP) is 2.56. The van der Waals surface area contributed by atoms with Gasteiger partial charge in [-0.25, -0.2) is 0 Å². The number of halogens is 3. The zero-order chi connectivity index (χ0) is 11.8. The number of hydrogen-bond acceptors (Lipinski definition) is 2. The van der Waals surface area contributed by atoms with E-state index in [1.165, 1.54) is 6.07 Å². The maximum atomic E-state index is 12.7. The van der Waals surface area contributed by atoms with E-state index in [0.717, 1.165) is 11.6 Å². The normalized spacial score (nSPS) is 19.4. The van der Waals surface area contributed by atoms with E-state index in [0.29, 0.717) is 19.5 Å². The Morgan fingerprint density at radius 3 is 2.75 bits per heavy atom. The van der Waals surface area contributed by atoms with Crippen molar-refractivity contribution in [3.8, 4) is 0 Å². The number of hydrogen-bond donors (Lipinski definition) is 2. The SMILES string of the molecule is NCCC1CNc2c1cccc2C(F)(F)F. The highest BCUT2D eigenvalue weighted by molar-refractivity contribution is 5.64. The lowest BCUT2D eigenvalue weighted by Crippen LogP contribution is -2.09. The lowest BCUT2D eigenvalue weighted by atomic mass is 9.96. The predicted molar refractivity (Wildman–Crippen MR) is 56.3 cm³/mol. The van der Waals surface area contributed by atoms with Crippen LogP contribution in [0.5, 0.6) is 0 Å². The summed E-state index contributed by atoms with van der Waals surface area (Å²) in [5, 5.41) is 2.83. The van der Waals surface area contributed by atoms with Gasteiger partial charge in [-0.15, -0.1) is 0 Å². The molecular weight excluding hydrogens is 217 g/mol. The molecule has 0 saturated heterocycles. The molecule has 0 aliphatic carbocycles. The van der Waals surface area contributed by atoms with Crippen molar-refractivity contribution in [1.82, 2.24) is 0 Å². The third-order valence-electron chi connectivity index (χ3n) is 2.88. The summed E-state index contributed by atoms with van der Waals surface area (Å²) in [4.78, 5) is 0. The topological polar surface area (TPSA) is 38.0 Å². The molecular formula is C11H13F3N2. The summed E-state index contributed by atoms with van der Waals surface area (Å²) < 4.78 is 38.1. The minimum absolute atomic E-state index is 0.0994. The van der Waals surface area contributed by atoms with Gasteiger partial charge in [0.1, 0.15) is 0 Å². The molecule has 1 aromatic rings. The third-order valence-corrected chi connectivity index (χ3v) is 2.88. The first-order valence-electron chi connectivity index (χ1n) is 5.18. The number of nitrogens with two attached hydrogens (primary N) is 1. The van der Waals surface area contributed by atoms with Gasteiger partial charge in [-0.3, -0.25) is 0 Å². The smallest absolute Gasteiger partial charge is 0.384 e. The molecule has 2 rings (SSSR count). The van der Waals surface area contributed by atoms with E-state index in [-0.39, 0.29) is 11.6 Å². The summed E-state index contributed by atoms with van der Waals surface area (Å²) in [7, 11) is 0. The minimum atomic E-state index is -4.30. The van der Waals surface area contributed by atoms with Crippen LogP contribution in [0.25, 0.3) is 0 Å². The molecule has 0 aromatic heterocycles. The first kappa shape index (κ1) is 11.3. The summed E-state index contributed by atoms with van der Waals surface area (Å²) in [6.07, 6.45) is -3.59. The van der Waals surface area contributed by atoms with Crippen LogP contribution < -0.4 is 11.1 Å². The molecule has 1 unspecified atom stereocenters. The highest BCUT2D eigenvalue weighted by atomic mass is 19.4. The average Bonchev–Trinajstić information content (AvgIpc) is 2.61. The molecule has 88 valence electrons. The fourth-order valence-corrected chi connectivity index (χ4v) is 2.14. The van der Waals surface area contributed by atoms with Crippen LogP contribution in [0.4, 0.5) is 18.9 Å². The van der Waals surface area contributed by atoms with Crippen molar-refractivity contribution < 1.29 is 13.2 Å². The Labute approximate surface area is 91.6 Å². The standard InChI is InChI=1S/C11H13F3N2/c12-11(13,14)9-3-1-2-8-7(4-5-15)6-16-10(8)9/h1-3,7,16H,4-6,15H2. The Balaban J connectivity index is 2.40. The van der Waals surface area contributed by atoms with Crippen LogP contribution in [0.3, 0.4) is 0 Å². The highest BCUT2D eigenvalue weighted by Gasteiger charge is 2.37. The Bertz CT molecular complexity index is 387. The molecule has 0 fully saturated rings. The van der Waals surface area contributed by atoms with Crippen LogP contribution in [-0.2, 0) is 6.18 Å². The Morgan fingerprint density at radius 2 is 2.12 bits per heavy atom. The molecule has 1 atom stereocenters. The molecule has 0 spiro atoms. The van der Waals surface area contributed by atoms with Gasteiger partial charge >= 0.3 is 6.18 Å². The molecule has 1 aromatic carbocycles. The second-order valence-corrected chi connectivity index (χ2v) is 3.92. The van der Waals surface area contributed by atoms with E-state index in [1.807, 2.05) is 0 Å². The zero-order valence-corrected chi connectivity index (χ0v) is 8.64. The van der Waals surface area contributed by atoms with Crippen molar-refractivity contribution in [3.63, 3.8) is 0 Å². The summed E-state index contributed by atoms with van der Waals surface area (Å²) >= 11 is 0. The summed E-state index contributed by atoms with van der Waals surface area (Å²) in [6.45, 7) is 1.03. The van der Waals surface area contributed by atoms with Gasteiger partial charge in [0.2, 0.25) is 0 Å². The van der Waals surface area contributed by atoms with Gasteiger partial charge in [0.15, 0.2) is 0 Å². The largest absolute Gasteiger partial charge is 0.418 e. The maximum absolute atomic E-state index is 12.7. The first-order chi connectivity index (χ1) is 7.54. The Kier molecular flexibility index (Phi) is 2.80. The van der Waals surface area contributed by atoms with E-state index < -0.39 is 11.7 Å². The number of nitrogens with one attached hydrogen (secondary N) is 1. The number of para-hydroxylation sites is 1. The molecule has 0 saturated carbocycles. The van der Waals surface area contributed by atoms with E-state index in [9.17, 15) is 13.2 Å². The van der Waals surface area contributed by atoms with Crippen LogP contribution in [0, 0.1) is 0 Å². The van der Waals surface area contributed by atoms with Gasteiger partial charge in [0.25, 0.3) is 0 Å². The van der Waals surface area contributed by atoms with E-state index >= 15 is 0 Å².